The summed E-state index contributed by atoms with van der Waals surface area (Å²) in [7, 11) is 1.69. The Balaban J connectivity index is 2.68. The van der Waals surface area contributed by atoms with Gasteiger partial charge in [0.25, 0.3) is 0 Å². The smallest absolute Gasteiger partial charge is 0.326 e. The third kappa shape index (κ3) is 2.95. The molecule has 1 heterocycles. The predicted molar refractivity (Wildman–Crippen MR) is 60.1 cm³/mol. The Morgan fingerprint density at radius 3 is 2.69 bits per heavy atom. The van der Waals surface area contributed by atoms with Crippen LogP contribution in [-0.2, 0) is 9.59 Å². The van der Waals surface area contributed by atoms with E-state index in [0.717, 1.165) is 12.8 Å². The first-order valence-corrected chi connectivity index (χ1v) is 5.77. The molecule has 0 aromatic heterocycles. The maximum Gasteiger partial charge on any atom is 0.326 e. The first kappa shape index (κ1) is 13.0. The quantitative estimate of drug-likeness (QED) is 0.726. The van der Waals surface area contributed by atoms with Crippen molar-refractivity contribution >= 4 is 11.9 Å². The van der Waals surface area contributed by atoms with E-state index in [1.54, 1.807) is 7.05 Å². The molecule has 0 aromatic rings. The lowest BCUT2D eigenvalue weighted by molar-refractivity contribution is -0.152. The molecule has 0 saturated carbocycles. The van der Waals surface area contributed by atoms with E-state index in [1.165, 1.54) is 4.90 Å². The molecule has 0 aromatic carbocycles. The van der Waals surface area contributed by atoms with Crippen molar-refractivity contribution in [2.45, 2.75) is 32.2 Å². The number of hydrogen-bond donors (Lipinski definition) is 2. The topological polar surface area (TPSA) is 69.6 Å². The molecule has 2 unspecified atom stereocenters. The molecule has 0 aliphatic carbocycles. The van der Waals surface area contributed by atoms with E-state index < -0.39 is 12.0 Å². The van der Waals surface area contributed by atoms with Gasteiger partial charge in [0.2, 0.25) is 5.91 Å². The number of rotatable bonds is 4. The van der Waals surface area contributed by atoms with Crippen molar-refractivity contribution in [3.8, 4) is 0 Å². The highest BCUT2D eigenvalue weighted by Crippen LogP contribution is 2.25. The van der Waals surface area contributed by atoms with Gasteiger partial charge in [0.05, 0.1) is 6.54 Å². The lowest BCUT2D eigenvalue weighted by atomic mass is 9.89. The van der Waals surface area contributed by atoms with Gasteiger partial charge in [-0.25, -0.2) is 4.79 Å². The summed E-state index contributed by atoms with van der Waals surface area (Å²) in [6.45, 7) is 2.84. The molecule has 2 N–H and O–H groups in total. The minimum Gasteiger partial charge on any atom is -0.480 e. The first-order chi connectivity index (χ1) is 7.60. The SMILES string of the molecule is CCC1CCN(C(=O)CNC)C(C(=O)O)C1. The zero-order chi connectivity index (χ0) is 12.1. The van der Waals surface area contributed by atoms with E-state index in [2.05, 4.69) is 12.2 Å². The summed E-state index contributed by atoms with van der Waals surface area (Å²) in [5.74, 6) is -0.577. The molecule has 1 amide bonds. The minimum atomic E-state index is -0.886. The fourth-order valence-electron chi connectivity index (χ4n) is 2.19. The largest absolute Gasteiger partial charge is 0.480 e. The minimum absolute atomic E-state index is 0.121. The molecule has 0 bridgehead atoms. The molecule has 1 saturated heterocycles. The second-order valence-electron chi connectivity index (χ2n) is 4.27. The van der Waals surface area contributed by atoms with Gasteiger partial charge in [0, 0.05) is 6.54 Å². The zero-order valence-electron chi connectivity index (χ0n) is 9.90. The van der Waals surface area contributed by atoms with Crippen molar-refractivity contribution in [3.63, 3.8) is 0 Å². The van der Waals surface area contributed by atoms with E-state index >= 15 is 0 Å². The monoisotopic (exact) mass is 228 g/mol. The first-order valence-electron chi connectivity index (χ1n) is 5.77. The summed E-state index contributed by atoms with van der Waals surface area (Å²) < 4.78 is 0. The van der Waals surface area contributed by atoms with Gasteiger partial charge in [-0.15, -0.1) is 0 Å². The van der Waals surface area contributed by atoms with Gasteiger partial charge in [-0.2, -0.15) is 0 Å². The molecule has 1 fully saturated rings. The Morgan fingerprint density at radius 1 is 1.50 bits per heavy atom. The van der Waals surface area contributed by atoms with Crippen LogP contribution in [-0.4, -0.2) is 48.1 Å². The van der Waals surface area contributed by atoms with Crippen LogP contribution in [0.2, 0.25) is 0 Å². The van der Waals surface area contributed by atoms with Crippen LogP contribution >= 0.6 is 0 Å². The predicted octanol–water partition coefficient (Wildman–Crippen LogP) is 0.308. The Bertz CT molecular complexity index is 268. The van der Waals surface area contributed by atoms with Crippen LogP contribution in [0.3, 0.4) is 0 Å². The number of hydrogen-bond acceptors (Lipinski definition) is 3. The lowest BCUT2D eigenvalue weighted by Gasteiger charge is -2.36. The standard InChI is InChI=1S/C11H20N2O3/c1-3-8-4-5-13(10(14)7-12-2)9(6-8)11(15)16/h8-9,12H,3-7H2,1-2H3,(H,15,16). The van der Waals surface area contributed by atoms with Crippen molar-refractivity contribution in [2.24, 2.45) is 5.92 Å². The molecule has 1 rings (SSSR count). The Labute approximate surface area is 95.8 Å². The van der Waals surface area contributed by atoms with E-state index in [4.69, 9.17) is 5.11 Å². The van der Waals surface area contributed by atoms with Gasteiger partial charge in [-0.3, -0.25) is 4.79 Å². The van der Waals surface area contributed by atoms with Gasteiger partial charge in [-0.05, 0) is 25.8 Å². The van der Waals surface area contributed by atoms with Gasteiger partial charge < -0.3 is 15.3 Å². The summed E-state index contributed by atoms with van der Waals surface area (Å²) in [4.78, 5) is 24.3. The fourth-order valence-corrected chi connectivity index (χ4v) is 2.19. The Morgan fingerprint density at radius 2 is 2.19 bits per heavy atom. The molecular weight excluding hydrogens is 208 g/mol. The molecule has 5 heteroatoms. The second kappa shape index (κ2) is 5.84. The summed E-state index contributed by atoms with van der Waals surface area (Å²) >= 11 is 0. The normalized spacial score (nSPS) is 25.5. The molecule has 0 radical (unpaired) electrons. The highest BCUT2D eigenvalue weighted by molar-refractivity contribution is 5.85. The van der Waals surface area contributed by atoms with E-state index in [9.17, 15) is 9.59 Å². The molecular formula is C11H20N2O3. The van der Waals surface area contributed by atoms with Crippen LogP contribution in [0.1, 0.15) is 26.2 Å². The number of likely N-dealkylation sites (tertiary alicyclic amines) is 1. The van der Waals surface area contributed by atoms with Crippen molar-refractivity contribution in [1.82, 2.24) is 10.2 Å². The summed E-state index contributed by atoms with van der Waals surface area (Å²) in [6.07, 6.45) is 2.48. The summed E-state index contributed by atoms with van der Waals surface area (Å²) in [5.41, 5.74) is 0. The van der Waals surface area contributed by atoms with Crippen molar-refractivity contribution in [1.29, 1.82) is 0 Å². The molecule has 5 nitrogen and oxygen atoms in total. The van der Waals surface area contributed by atoms with Crippen LogP contribution in [0.4, 0.5) is 0 Å². The van der Waals surface area contributed by atoms with Crippen LogP contribution in [0.25, 0.3) is 0 Å². The Hall–Kier alpha value is -1.10. The number of likely N-dealkylation sites (N-methyl/N-ethyl adjacent to an activating group) is 1. The third-order valence-electron chi connectivity index (χ3n) is 3.22. The number of carboxylic acid groups (broad SMARTS) is 1. The van der Waals surface area contributed by atoms with Crippen molar-refractivity contribution < 1.29 is 14.7 Å². The van der Waals surface area contributed by atoms with Crippen molar-refractivity contribution in [2.75, 3.05) is 20.1 Å². The number of nitrogens with zero attached hydrogens (tertiary/aromatic N) is 1. The zero-order valence-corrected chi connectivity index (χ0v) is 9.90. The number of aliphatic carboxylic acids is 1. The second-order valence-corrected chi connectivity index (χ2v) is 4.27. The average molecular weight is 228 g/mol. The molecule has 1 aliphatic heterocycles. The summed E-state index contributed by atoms with van der Waals surface area (Å²) in [6, 6.07) is -0.639. The number of carboxylic acids is 1. The van der Waals surface area contributed by atoms with E-state index in [1.807, 2.05) is 0 Å². The van der Waals surface area contributed by atoms with Gasteiger partial charge in [0.1, 0.15) is 6.04 Å². The highest BCUT2D eigenvalue weighted by atomic mass is 16.4. The highest BCUT2D eigenvalue weighted by Gasteiger charge is 2.34. The van der Waals surface area contributed by atoms with Crippen LogP contribution in [0, 0.1) is 5.92 Å². The fraction of sp³-hybridized carbons (Fsp3) is 0.818. The van der Waals surface area contributed by atoms with Crippen LogP contribution in [0.5, 0.6) is 0 Å². The maximum atomic E-state index is 11.7. The molecule has 0 spiro atoms. The number of nitrogens with one attached hydrogen (secondary N) is 1. The molecule has 92 valence electrons. The van der Waals surface area contributed by atoms with Crippen molar-refractivity contribution in [3.05, 3.63) is 0 Å². The number of amides is 1. The Kier molecular flexibility index (Phi) is 4.73. The van der Waals surface area contributed by atoms with Gasteiger partial charge in [-0.1, -0.05) is 13.3 Å². The molecule has 16 heavy (non-hydrogen) atoms. The van der Waals surface area contributed by atoms with Gasteiger partial charge >= 0.3 is 5.97 Å². The maximum absolute atomic E-state index is 11.7. The number of piperidine rings is 1. The van der Waals surface area contributed by atoms with E-state index in [0.29, 0.717) is 18.9 Å². The molecule has 2 atom stereocenters. The summed E-state index contributed by atoms with van der Waals surface area (Å²) in [5, 5.41) is 11.9. The van der Waals surface area contributed by atoms with E-state index in [-0.39, 0.29) is 12.5 Å². The number of carbonyl (C=O) groups is 2. The van der Waals surface area contributed by atoms with Crippen LogP contribution in [0.15, 0.2) is 0 Å². The van der Waals surface area contributed by atoms with Crippen LogP contribution < -0.4 is 5.32 Å². The molecule has 1 aliphatic rings. The van der Waals surface area contributed by atoms with Gasteiger partial charge in [0.15, 0.2) is 0 Å². The number of carbonyl (C=O) groups excluding carboxylic acids is 1. The third-order valence-corrected chi connectivity index (χ3v) is 3.22. The lowest BCUT2D eigenvalue weighted by Crippen LogP contribution is -2.52. The average Bonchev–Trinajstić information content (AvgIpc) is 2.28.